The molecule has 3 aromatic rings. The lowest BCUT2D eigenvalue weighted by Crippen LogP contribution is -2.13. The van der Waals surface area contributed by atoms with Crippen LogP contribution < -0.4 is 4.74 Å². The van der Waals surface area contributed by atoms with Crippen molar-refractivity contribution >= 4 is 26.8 Å². The van der Waals surface area contributed by atoms with E-state index in [-0.39, 0.29) is 17.5 Å². The molecule has 0 bridgehead atoms. The Morgan fingerprint density at radius 2 is 1.93 bits per heavy atom. The third-order valence-corrected chi connectivity index (χ3v) is 6.93. The zero-order valence-electron chi connectivity index (χ0n) is 16.4. The van der Waals surface area contributed by atoms with Crippen LogP contribution >= 0.6 is 0 Å². The van der Waals surface area contributed by atoms with Crippen LogP contribution in [-0.2, 0) is 14.6 Å². The molecule has 3 heterocycles. The van der Waals surface area contributed by atoms with E-state index in [1.165, 1.54) is 7.11 Å². The van der Waals surface area contributed by atoms with Gasteiger partial charge in [0.2, 0.25) is 0 Å². The van der Waals surface area contributed by atoms with E-state index in [0.29, 0.717) is 40.2 Å². The maximum Gasteiger partial charge on any atom is 0.338 e. The predicted octanol–water partition coefficient (Wildman–Crippen LogP) is 2.56. The Morgan fingerprint density at radius 1 is 1.21 bits per heavy atom. The second-order valence-corrected chi connectivity index (χ2v) is 9.29. The Bertz CT molecular complexity index is 1200. The Kier molecular flexibility index (Phi) is 4.77. The Balaban J connectivity index is 1.93. The van der Waals surface area contributed by atoms with Crippen LogP contribution in [0.25, 0.3) is 22.3 Å². The number of carbonyl (C=O) groups is 1. The molecule has 8 nitrogen and oxygen atoms in total. The van der Waals surface area contributed by atoms with E-state index in [4.69, 9.17) is 14.5 Å². The molecule has 4 rings (SSSR count). The van der Waals surface area contributed by atoms with Crippen LogP contribution in [-0.4, -0.2) is 54.9 Å². The summed E-state index contributed by atoms with van der Waals surface area (Å²) in [5, 5.41) is 5.12. The van der Waals surface area contributed by atoms with Gasteiger partial charge in [0.15, 0.2) is 15.5 Å². The SMILES string of the molecule is COC(=O)c1cc(-c2ccc(OC)cc2)nc2c1c(C)nn2[C@H]1CCS(=O)(=O)C1. The number of hydrogen-bond acceptors (Lipinski definition) is 7. The van der Waals surface area contributed by atoms with Gasteiger partial charge in [-0.1, -0.05) is 0 Å². The van der Waals surface area contributed by atoms with Crippen LogP contribution in [0.2, 0.25) is 0 Å². The van der Waals surface area contributed by atoms with Gasteiger partial charge in [-0.25, -0.2) is 22.9 Å². The fourth-order valence-electron chi connectivity index (χ4n) is 3.72. The van der Waals surface area contributed by atoms with E-state index in [1.807, 2.05) is 24.3 Å². The van der Waals surface area contributed by atoms with Gasteiger partial charge in [-0.3, -0.25) is 0 Å². The molecule has 1 saturated heterocycles. The van der Waals surface area contributed by atoms with Gasteiger partial charge < -0.3 is 9.47 Å². The number of rotatable bonds is 4. The van der Waals surface area contributed by atoms with Gasteiger partial charge in [-0.05, 0) is 43.7 Å². The molecule has 9 heteroatoms. The number of hydrogen-bond donors (Lipinski definition) is 0. The quantitative estimate of drug-likeness (QED) is 0.604. The molecule has 29 heavy (non-hydrogen) atoms. The molecule has 0 amide bonds. The molecule has 1 aliphatic heterocycles. The number of sulfone groups is 1. The van der Waals surface area contributed by atoms with Crippen molar-refractivity contribution < 1.29 is 22.7 Å². The summed E-state index contributed by atoms with van der Waals surface area (Å²) in [6.45, 7) is 1.78. The molecule has 0 spiro atoms. The third kappa shape index (κ3) is 3.46. The van der Waals surface area contributed by atoms with E-state index in [0.717, 1.165) is 5.56 Å². The summed E-state index contributed by atoms with van der Waals surface area (Å²) in [5.41, 5.74) is 2.81. The Labute approximate surface area is 168 Å². The normalized spacial score (nSPS) is 18.1. The van der Waals surface area contributed by atoms with Crippen molar-refractivity contribution in [3.05, 3.63) is 41.6 Å². The van der Waals surface area contributed by atoms with Crippen molar-refractivity contribution in [2.75, 3.05) is 25.7 Å². The molecule has 0 unspecified atom stereocenters. The minimum Gasteiger partial charge on any atom is -0.497 e. The van der Waals surface area contributed by atoms with E-state index >= 15 is 0 Å². The van der Waals surface area contributed by atoms with Crippen molar-refractivity contribution in [2.24, 2.45) is 0 Å². The fraction of sp³-hybridized carbons (Fsp3) is 0.350. The monoisotopic (exact) mass is 415 g/mol. The van der Waals surface area contributed by atoms with E-state index in [9.17, 15) is 13.2 Å². The lowest BCUT2D eigenvalue weighted by molar-refractivity contribution is 0.0603. The number of aryl methyl sites for hydroxylation is 1. The highest BCUT2D eigenvalue weighted by Crippen LogP contribution is 2.32. The van der Waals surface area contributed by atoms with Crippen LogP contribution in [0.5, 0.6) is 5.75 Å². The summed E-state index contributed by atoms with van der Waals surface area (Å²) in [6, 6.07) is 8.69. The molecule has 1 aromatic carbocycles. The first-order valence-corrected chi connectivity index (χ1v) is 11.0. The molecule has 0 N–H and O–H groups in total. The number of esters is 1. The molecule has 1 fully saturated rings. The van der Waals surface area contributed by atoms with Crippen molar-refractivity contribution in [1.82, 2.24) is 14.8 Å². The summed E-state index contributed by atoms with van der Waals surface area (Å²) >= 11 is 0. The van der Waals surface area contributed by atoms with Crippen molar-refractivity contribution in [1.29, 1.82) is 0 Å². The minimum atomic E-state index is -3.10. The predicted molar refractivity (Wildman–Crippen MR) is 108 cm³/mol. The van der Waals surface area contributed by atoms with Gasteiger partial charge in [0.05, 0.1) is 54.1 Å². The van der Waals surface area contributed by atoms with Gasteiger partial charge in [0.1, 0.15) is 5.75 Å². The summed E-state index contributed by atoms with van der Waals surface area (Å²) in [7, 11) is -0.185. The number of fused-ring (bicyclic) bond motifs is 1. The number of nitrogens with zero attached hydrogens (tertiary/aromatic N) is 3. The number of carbonyl (C=O) groups excluding carboxylic acids is 1. The zero-order chi connectivity index (χ0) is 20.8. The van der Waals surface area contributed by atoms with Gasteiger partial charge in [0.25, 0.3) is 0 Å². The van der Waals surface area contributed by atoms with E-state index in [2.05, 4.69) is 5.10 Å². The maximum atomic E-state index is 12.5. The van der Waals surface area contributed by atoms with Crippen LogP contribution in [0, 0.1) is 6.92 Å². The van der Waals surface area contributed by atoms with Crippen LogP contribution in [0.4, 0.5) is 0 Å². The first-order chi connectivity index (χ1) is 13.8. The van der Waals surface area contributed by atoms with Crippen molar-refractivity contribution in [3.8, 4) is 17.0 Å². The standard InChI is InChI=1S/C20H21N3O5S/c1-12-18-16(20(24)28-3)10-17(13-4-6-15(27-2)7-5-13)21-19(18)23(22-12)14-8-9-29(25,26)11-14/h4-7,10,14H,8-9,11H2,1-3H3/t14-/m0/s1. The lowest BCUT2D eigenvalue weighted by Gasteiger charge is -2.12. The Morgan fingerprint density at radius 3 is 2.52 bits per heavy atom. The third-order valence-electron chi connectivity index (χ3n) is 5.18. The summed E-state index contributed by atoms with van der Waals surface area (Å²) in [6.07, 6.45) is 0.473. The second kappa shape index (κ2) is 7.14. The number of ether oxygens (including phenoxy) is 2. The maximum absolute atomic E-state index is 12.5. The molecule has 152 valence electrons. The molecular formula is C20H21N3O5S. The summed E-state index contributed by atoms with van der Waals surface area (Å²) < 4.78 is 35.8. The smallest absolute Gasteiger partial charge is 0.338 e. The van der Waals surface area contributed by atoms with Gasteiger partial charge in [-0.15, -0.1) is 0 Å². The van der Waals surface area contributed by atoms with Crippen molar-refractivity contribution in [3.63, 3.8) is 0 Å². The number of pyridine rings is 1. The number of benzene rings is 1. The molecule has 0 radical (unpaired) electrons. The average molecular weight is 415 g/mol. The average Bonchev–Trinajstić information content (AvgIpc) is 3.25. The Hall–Kier alpha value is -2.94. The van der Waals surface area contributed by atoms with E-state index < -0.39 is 15.8 Å². The second-order valence-electron chi connectivity index (χ2n) is 7.06. The summed E-state index contributed by atoms with van der Waals surface area (Å²) in [4.78, 5) is 17.2. The topological polar surface area (TPSA) is 100 Å². The highest BCUT2D eigenvalue weighted by molar-refractivity contribution is 7.91. The molecule has 0 saturated carbocycles. The number of methoxy groups -OCH3 is 2. The lowest BCUT2D eigenvalue weighted by atomic mass is 10.1. The highest BCUT2D eigenvalue weighted by Gasteiger charge is 2.32. The fourth-order valence-corrected chi connectivity index (χ4v) is 5.41. The molecule has 2 aromatic heterocycles. The number of aromatic nitrogens is 3. The zero-order valence-corrected chi connectivity index (χ0v) is 17.2. The molecule has 1 atom stereocenters. The van der Waals surface area contributed by atoms with Crippen LogP contribution in [0.3, 0.4) is 0 Å². The van der Waals surface area contributed by atoms with Gasteiger partial charge in [0, 0.05) is 5.56 Å². The molecule has 1 aliphatic rings. The first-order valence-electron chi connectivity index (χ1n) is 9.16. The minimum absolute atomic E-state index is 0.0191. The highest BCUT2D eigenvalue weighted by atomic mass is 32.2. The molecule has 0 aliphatic carbocycles. The first kappa shape index (κ1) is 19.4. The summed E-state index contributed by atoms with van der Waals surface area (Å²) in [5.74, 6) is 0.361. The van der Waals surface area contributed by atoms with Crippen LogP contribution in [0.15, 0.2) is 30.3 Å². The van der Waals surface area contributed by atoms with Gasteiger partial charge >= 0.3 is 5.97 Å². The molecular weight excluding hydrogens is 394 g/mol. The van der Waals surface area contributed by atoms with Crippen LogP contribution in [0.1, 0.15) is 28.5 Å². The van der Waals surface area contributed by atoms with E-state index in [1.54, 1.807) is 24.8 Å². The van der Waals surface area contributed by atoms with Crippen molar-refractivity contribution in [2.45, 2.75) is 19.4 Å². The van der Waals surface area contributed by atoms with Gasteiger partial charge in [-0.2, -0.15) is 5.10 Å². The largest absolute Gasteiger partial charge is 0.497 e.